The number of aryl methyl sites for hydroxylation is 1. The van der Waals surface area contributed by atoms with Crippen LogP contribution in [0.2, 0.25) is 0 Å². The number of aromatic nitrogens is 2. The van der Waals surface area contributed by atoms with Gasteiger partial charge in [0.1, 0.15) is 0 Å². The summed E-state index contributed by atoms with van der Waals surface area (Å²) in [6.07, 6.45) is 0. The minimum Gasteiger partial charge on any atom is -0.477 e. The molecular formula is C10H13Cl3N2O. The molecule has 1 heterocycles. The van der Waals surface area contributed by atoms with E-state index in [1.54, 1.807) is 13.0 Å². The Balaban J connectivity index is 2.90. The maximum absolute atomic E-state index is 5.72. The third-order valence-electron chi connectivity index (χ3n) is 1.65. The second-order valence-corrected chi connectivity index (χ2v) is 6.16. The van der Waals surface area contributed by atoms with Gasteiger partial charge < -0.3 is 4.74 Å². The highest BCUT2D eigenvalue weighted by Crippen LogP contribution is 2.36. The summed E-state index contributed by atoms with van der Waals surface area (Å²) in [7, 11) is 0. The van der Waals surface area contributed by atoms with E-state index >= 15 is 0 Å². The summed E-state index contributed by atoms with van der Waals surface area (Å²) in [5, 5.41) is 0. The molecule has 0 aliphatic rings. The molecule has 0 N–H and O–H groups in total. The van der Waals surface area contributed by atoms with Crippen LogP contribution in [0.5, 0.6) is 5.88 Å². The lowest BCUT2D eigenvalue weighted by Crippen LogP contribution is -2.12. The maximum atomic E-state index is 5.72. The first-order valence-corrected chi connectivity index (χ1v) is 5.98. The van der Waals surface area contributed by atoms with E-state index < -0.39 is 3.79 Å². The van der Waals surface area contributed by atoms with Gasteiger partial charge in [-0.3, -0.25) is 0 Å². The van der Waals surface area contributed by atoms with Crippen molar-refractivity contribution >= 4 is 34.8 Å². The summed E-state index contributed by atoms with van der Waals surface area (Å²) in [4.78, 5) is 8.09. The number of rotatable bonds is 3. The van der Waals surface area contributed by atoms with Crippen LogP contribution in [0.3, 0.4) is 0 Å². The summed E-state index contributed by atoms with van der Waals surface area (Å²) in [5.74, 6) is 0.977. The normalized spacial score (nSPS) is 11.9. The number of hydrogen-bond acceptors (Lipinski definition) is 3. The molecule has 16 heavy (non-hydrogen) atoms. The molecule has 0 saturated carbocycles. The van der Waals surface area contributed by atoms with E-state index in [0.717, 1.165) is 0 Å². The van der Waals surface area contributed by atoms with Gasteiger partial charge >= 0.3 is 0 Å². The molecule has 0 amide bonds. The van der Waals surface area contributed by atoms with Crippen LogP contribution in [0, 0.1) is 12.8 Å². The Morgan fingerprint density at radius 1 is 1.31 bits per heavy atom. The zero-order valence-electron chi connectivity index (χ0n) is 9.30. The highest BCUT2D eigenvalue weighted by molar-refractivity contribution is 6.66. The molecule has 0 bridgehead atoms. The summed E-state index contributed by atoms with van der Waals surface area (Å²) in [6.45, 7) is 6.45. The Morgan fingerprint density at radius 3 is 2.44 bits per heavy atom. The molecule has 0 spiro atoms. The van der Waals surface area contributed by atoms with Crippen LogP contribution in [-0.4, -0.2) is 16.6 Å². The number of ether oxygens (including phenoxy) is 1. The predicted octanol–water partition coefficient (Wildman–Crippen LogP) is 3.65. The van der Waals surface area contributed by atoms with Gasteiger partial charge in [0.05, 0.1) is 6.61 Å². The maximum Gasteiger partial charge on any atom is 0.250 e. The van der Waals surface area contributed by atoms with Gasteiger partial charge in [-0.15, -0.1) is 0 Å². The molecule has 0 aliphatic heterocycles. The third kappa shape index (κ3) is 4.32. The van der Waals surface area contributed by atoms with Gasteiger partial charge in [0, 0.05) is 11.8 Å². The van der Waals surface area contributed by atoms with Gasteiger partial charge in [-0.1, -0.05) is 48.7 Å². The second-order valence-electron chi connectivity index (χ2n) is 3.87. The quantitative estimate of drug-likeness (QED) is 0.794. The van der Waals surface area contributed by atoms with E-state index in [9.17, 15) is 0 Å². The number of nitrogens with zero attached hydrogens (tertiary/aromatic N) is 2. The van der Waals surface area contributed by atoms with Crippen LogP contribution in [0.15, 0.2) is 6.07 Å². The van der Waals surface area contributed by atoms with Gasteiger partial charge in [-0.25, -0.2) is 4.98 Å². The zero-order valence-corrected chi connectivity index (χ0v) is 11.6. The number of halogens is 3. The molecule has 0 atom stereocenters. The number of alkyl halides is 3. The monoisotopic (exact) mass is 282 g/mol. The summed E-state index contributed by atoms with van der Waals surface area (Å²) in [5.41, 5.74) is 0.704. The minimum absolute atomic E-state index is 0.135. The van der Waals surface area contributed by atoms with Crippen molar-refractivity contribution in [1.29, 1.82) is 0 Å². The first-order chi connectivity index (χ1) is 7.29. The molecule has 1 aromatic heterocycles. The van der Waals surface area contributed by atoms with E-state index in [0.29, 0.717) is 24.1 Å². The Kier molecular flexibility index (Phi) is 4.65. The van der Waals surface area contributed by atoms with Crippen molar-refractivity contribution in [2.24, 2.45) is 5.92 Å². The fourth-order valence-electron chi connectivity index (χ4n) is 0.992. The van der Waals surface area contributed by atoms with E-state index in [1.807, 2.05) is 13.8 Å². The topological polar surface area (TPSA) is 35.0 Å². The lowest BCUT2D eigenvalue weighted by Gasteiger charge is -2.13. The van der Waals surface area contributed by atoms with E-state index in [4.69, 9.17) is 39.5 Å². The van der Waals surface area contributed by atoms with Crippen LogP contribution in [-0.2, 0) is 3.79 Å². The molecule has 0 fully saturated rings. The van der Waals surface area contributed by atoms with Crippen LogP contribution < -0.4 is 4.74 Å². The first kappa shape index (κ1) is 13.8. The van der Waals surface area contributed by atoms with Gasteiger partial charge in [0.15, 0.2) is 5.82 Å². The van der Waals surface area contributed by atoms with Gasteiger partial charge in [-0.2, -0.15) is 4.98 Å². The molecule has 1 rings (SSSR count). The largest absolute Gasteiger partial charge is 0.477 e. The second kappa shape index (κ2) is 5.39. The van der Waals surface area contributed by atoms with Crippen LogP contribution in [0.25, 0.3) is 0 Å². The molecule has 0 aromatic carbocycles. The highest BCUT2D eigenvalue weighted by atomic mass is 35.6. The first-order valence-electron chi connectivity index (χ1n) is 4.84. The summed E-state index contributed by atoms with van der Waals surface area (Å²) >= 11 is 17.1. The molecule has 0 saturated heterocycles. The molecule has 0 unspecified atom stereocenters. The lowest BCUT2D eigenvalue weighted by molar-refractivity contribution is 0.260. The van der Waals surface area contributed by atoms with Crippen LogP contribution >= 0.6 is 34.8 Å². The highest BCUT2D eigenvalue weighted by Gasteiger charge is 2.27. The zero-order chi connectivity index (χ0) is 12.3. The standard InChI is InChI=1S/C10H13Cl3N2O/c1-6(2)5-16-8-4-7(3)14-9(15-8)10(11,12)13/h4,6H,5H2,1-3H3. The van der Waals surface area contributed by atoms with E-state index in [1.165, 1.54) is 0 Å². The lowest BCUT2D eigenvalue weighted by atomic mass is 10.2. The smallest absolute Gasteiger partial charge is 0.250 e. The van der Waals surface area contributed by atoms with Crippen LogP contribution in [0.1, 0.15) is 25.4 Å². The molecule has 6 heteroatoms. The van der Waals surface area contributed by atoms with Crippen molar-refractivity contribution in [2.45, 2.75) is 24.6 Å². The fraction of sp³-hybridized carbons (Fsp3) is 0.600. The average Bonchev–Trinajstić information content (AvgIpc) is 2.12. The molecule has 0 aliphatic carbocycles. The molecular weight excluding hydrogens is 270 g/mol. The van der Waals surface area contributed by atoms with Gasteiger partial charge in [0.2, 0.25) is 9.67 Å². The SMILES string of the molecule is Cc1cc(OCC(C)C)nc(C(Cl)(Cl)Cl)n1. The molecule has 3 nitrogen and oxygen atoms in total. The van der Waals surface area contributed by atoms with E-state index in [-0.39, 0.29) is 5.82 Å². The van der Waals surface area contributed by atoms with Crippen molar-refractivity contribution in [3.05, 3.63) is 17.6 Å². The predicted molar refractivity (Wildman–Crippen MR) is 66.3 cm³/mol. The van der Waals surface area contributed by atoms with Crippen molar-refractivity contribution in [2.75, 3.05) is 6.61 Å². The number of hydrogen-bond donors (Lipinski definition) is 0. The Hall–Kier alpha value is -0.250. The Bertz CT molecular complexity index is 364. The van der Waals surface area contributed by atoms with Crippen molar-refractivity contribution < 1.29 is 4.74 Å². The fourth-order valence-corrected chi connectivity index (χ4v) is 1.25. The average molecular weight is 284 g/mol. The molecule has 90 valence electrons. The van der Waals surface area contributed by atoms with Gasteiger partial charge in [0.25, 0.3) is 0 Å². The molecule has 1 aromatic rings. The van der Waals surface area contributed by atoms with Crippen LogP contribution in [0.4, 0.5) is 0 Å². The Morgan fingerprint density at radius 2 is 1.94 bits per heavy atom. The van der Waals surface area contributed by atoms with Crippen molar-refractivity contribution in [3.63, 3.8) is 0 Å². The molecule has 0 radical (unpaired) electrons. The Labute approximate surface area is 110 Å². The van der Waals surface area contributed by atoms with Crippen molar-refractivity contribution in [1.82, 2.24) is 9.97 Å². The summed E-state index contributed by atoms with van der Waals surface area (Å²) < 4.78 is 3.83. The summed E-state index contributed by atoms with van der Waals surface area (Å²) in [6, 6.07) is 1.71. The van der Waals surface area contributed by atoms with E-state index in [2.05, 4.69) is 9.97 Å². The minimum atomic E-state index is -1.62. The van der Waals surface area contributed by atoms with Gasteiger partial charge in [-0.05, 0) is 12.8 Å². The van der Waals surface area contributed by atoms with Crippen molar-refractivity contribution in [3.8, 4) is 5.88 Å². The third-order valence-corrected chi connectivity index (χ3v) is 2.16.